The van der Waals surface area contributed by atoms with Crippen molar-refractivity contribution in [2.75, 3.05) is 32.0 Å². The zero-order valence-corrected chi connectivity index (χ0v) is 20.1. The molecule has 6 heteroatoms. The standard InChI is InChI=1S/C29H29N5O/c1-21-8-6-11-23(16-21)26-18-28(31-20-30-26)32-25-13-7-12-24(17-25)29(35)34-15-14-33(2)19-27(34)22-9-4-3-5-10-22/h3-13,16-18,20,27H,14-15,19H2,1-2H3,(H,30,31,32). The molecule has 1 amide bonds. The van der Waals surface area contributed by atoms with E-state index in [4.69, 9.17) is 0 Å². The van der Waals surface area contributed by atoms with Crippen LogP contribution < -0.4 is 5.32 Å². The van der Waals surface area contributed by atoms with Crippen molar-refractivity contribution < 1.29 is 4.79 Å². The first-order valence-corrected chi connectivity index (χ1v) is 11.9. The van der Waals surface area contributed by atoms with Crippen molar-refractivity contribution in [2.24, 2.45) is 0 Å². The number of benzene rings is 3. The highest BCUT2D eigenvalue weighted by Crippen LogP contribution is 2.28. The summed E-state index contributed by atoms with van der Waals surface area (Å²) in [4.78, 5) is 26.7. The number of aromatic nitrogens is 2. The molecule has 176 valence electrons. The van der Waals surface area contributed by atoms with Gasteiger partial charge in [0.2, 0.25) is 0 Å². The van der Waals surface area contributed by atoms with E-state index < -0.39 is 0 Å². The van der Waals surface area contributed by atoms with Crippen molar-refractivity contribution in [1.29, 1.82) is 0 Å². The smallest absolute Gasteiger partial charge is 0.254 e. The van der Waals surface area contributed by atoms with Crippen molar-refractivity contribution in [3.63, 3.8) is 0 Å². The quantitative estimate of drug-likeness (QED) is 0.434. The van der Waals surface area contributed by atoms with Gasteiger partial charge in [0.05, 0.1) is 11.7 Å². The second-order valence-corrected chi connectivity index (χ2v) is 9.05. The Kier molecular flexibility index (Phi) is 6.55. The second-order valence-electron chi connectivity index (χ2n) is 9.05. The summed E-state index contributed by atoms with van der Waals surface area (Å²) in [5.74, 6) is 0.724. The normalized spacial score (nSPS) is 16.2. The molecule has 0 saturated carbocycles. The van der Waals surface area contributed by atoms with Crippen LogP contribution in [-0.4, -0.2) is 52.4 Å². The minimum absolute atomic E-state index is 0.0258. The van der Waals surface area contributed by atoms with Crippen LogP contribution in [-0.2, 0) is 0 Å². The predicted molar refractivity (Wildman–Crippen MR) is 140 cm³/mol. The molecule has 5 rings (SSSR count). The third-order valence-corrected chi connectivity index (χ3v) is 6.39. The Morgan fingerprint density at radius 3 is 2.57 bits per heavy atom. The molecule has 1 unspecified atom stereocenters. The minimum atomic E-state index is 0.0258. The molecule has 6 nitrogen and oxygen atoms in total. The number of carbonyl (C=O) groups excluding carboxylic acids is 1. The summed E-state index contributed by atoms with van der Waals surface area (Å²) in [7, 11) is 2.11. The fourth-order valence-electron chi connectivity index (χ4n) is 4.55. The van der Waals surface area contributed by atoms with Gasteiger partial charge in [-0.3, -0.25) is 4.79 Å². The summed E-state index contributed by atoms with van der Waals surface area (Å²) in [6.45, 7) is 4.43. The van der Waals surface area contributed by atoms with Crippen LogP contribution in [0.5, 0.6) is 0 Å². The Balaban J connectivity index is 1.37. The van der Waals surface area contributed by atoms with Crippen LogP contribution >= 0.6 is 0 Å². The summed E-state index contributed by atoms with van der Waals surface area (Å²) in [5.41, 5.74) is 5.71. The number of anilines is 2. The van der Waals surface area contributed by atoms with E-state index in [9.17, 15) is 4.79 Å². The Morgan fingerprint density at radius 2 is 1.74 bits per heavy atom. The number of rotatable bonds is 5. The molecule has 1 aliphatic heterocycles. The summed E-state index contributed by atoms with van der Waals surface area (Å²) >= 11 is 0. The first-order valence-electron chi connectivity index (χ1n) is 11.9. The number of nitrogens with zero attached hydrogens (tertiary/aromatic N) is 4. The molecule has 3 aromatic carbocycles. The van der Waals surface area contributed by atoms with Crippen molar-refractivity contribution in [1.82, 2.24) is 19.8 Å². The number of nitrogens with one attached hydrogen (secondary N) is 1. The van der Waals surface area contributed by atoms with Gasteiger partial charge in [0.15, 0.2) is 0 Å². The molecule has 1 aliphatic rings. The van der Waals surface area contributed by atoms with Crippen LogP contribution in [0.2, 0.25) is 0 Å². The van der Waals surface area contributed by atoms with E-state index in [1.165, 1.54) is 5.56 Å². The van der Waals surface area contributed by atoms with Crippen LogP contribution in [0.1, 0.15) is 27.5 Å². The molecule has 0 bridgehead atoms. The van der Waals surface area contributed by atoms with Crippen LogP contribution in [0, 0.1) is 6.92 Å². The predicted octanol–water partition coefficient (Wildman–Crippen LogP) is 5.32. The van der Waals surface area contributed by atoms with Crippen LogP contribution in [0.25, 0.3) is 11.3 Å². The highest BCUT2D eigenvalue weighted by atomic mass is 16.2. The fourth-order valence-corrected chi connectivity index (χ4v) is 4.55. The van der Waals surface area contributed by atoms with E-state index in [0.29, 0.717) is 17.9 Å². The molecule has 1 atom stereocenters. The zero-order chi connectivity index (χ0) is 24.2. The lowest BCUT2D eigenvalue weighted by Gasteiger charge is -2.40. The number of carbonyl (C=O) groups is 1. The maximum Gasteiger partial charge on any atom is 0.254 e. The number of aryl methyl sites for hydroxylation is 1. The fraction of sp³-hybridized carbons (Fsp3) is 0.207. The van der Waals surface area contributed by atoms with E-state index in [-0.39, 0.29) is 11.9 Å². The van der Waals surface area contributed by atoms with Crippen LogP contribution in [0.3, 0.4) is 0 Å². The molecule has 1 N–H and O–H groups in total. The maximum atomic E-state index is 13.6. The Hall–Kier alpha value is -4.03. The highest BCUT2D eigenvalue weighted by Gasteiger charge is 2.30. The van der Waals surface area contributed by atoms with Gasteiger partial charge in [0.1, 0.15) is 12.1 Å². The Bertz CT molecular complexity index is 1320. The van der Waals surface area contributed by atoms with Crippen molar-refractivity contribution >= 4 is 17.4 Å². The number of hydrogen-bond acceptors (Lipinski definition) is 5. The molecule has 35 heavy (non-hydrogen) atoms. The van der Waals surface area contributed by atoms with Crippen LogP contribution in [0.4, 0.5) is 11.5 Å². The first kappa shape index (κ1) is 22.7. The second kappa shape index (κ2) is 10.1. The SMILES string of the molecule is Cc1cccc(-c2cc(Nc3cccc(C(=O)N4CCN(C)CC4c4ccccc4)c3)ncn2)c1. The van der Waals surface area contributed by atoms with Gasteiger partial charge in [-0.1, -0.05) is 60.2 Å². The Labute approximate surface area is 206 Å². The minimum Gasteiger partial charge on any atom is -0.340 e. The molecule has 4 aromatic rings. The Morgan fingerprint density at radius 1 is 0.914 bits per heavy atom. The topological polar surface area (TPSA) is 61.4 Å². The van der Waals surface area contributed by atoms with Gasteiger partial charge >= 0.3 is 0 Å². The van der Waals surface area contributed by atoms with Gasteiger partial charge in [0, 0.05) is 42.5 Å². The van der Waals surface area contributed by atoms with E-state index in [2.05, 4.69) is 58.4 Å². The third-order valence-electron chi connectivity index (χ3n) is 6.39. The molecule has 0 aliphatic carbocycles. The molecule has 0 radical (unpaired) electrons. The van der Waals surface area contributed by atoms with E-state index in [1.54, 1.807) is 6.33 Å². The lowest BCUT2D eigenvalue weighted by atomic mass is 10.0. The highest BCUT2D eigenvalue weighted by molar-refractivity contribution is 5.95. The molecule has 1 aromatic heterocycles. The summed E-state index contributed by atoms with van der Waals surface area (Å²) in [5, 5.41) is 3.35. The van der Waals surface area contributed by atoms with Crippen molar-refractivity contribution in [3.05, 3.63) is 108 Å². The summed E-state index contributed by atoms with van der Waals surface area (Å²) in [6.07, 6.45) is 1.56. The lowest BCUT2D eigenvalue weighted by Crippen LogP contribution is -2.49. The average Bonchev–Trinajstić information content (AvgIpc) is 2.89. The van der Waals surface area contributed by atoms with Gasteiger partial charge < -0.3 is 15.1 Å². The molecule has 1 fully saturated rings. The van der Waals surface area contributed by atoms with Crippen LogP contribution in [0.15, 0.2) is 91.3 Å². The molecular formula is C29H29N5O. The number of piperazine rings is 1. The lowest BCUT2D eigenvalue weighted by molar-refractivity contribution is 0.0498. The maximum absolute atomic E-state index is 13.6. The zero-order valence-electron chi connectivity index (χ0n) is 20.1. The largest absolute Gasteiger partial charge is 0.340 e. The van der Waals surface area contributed by atoms with Gasteiger partial charge in [-0.05, 0) is 43.8 Å². The third kappa shape index (κ3) is 5.23. The molecule has 1 saturated heterocycles. The van der Waals surface area contributed by atoms with Gasteiger partial charge in [-0.2, -0.15) is 0 Å². The number of amides is 1. The molecular weight excluding hydrogens is 434 g/mol. The molecule has 2 heterocycles. The van der Waals surface area contributed by atoms with Crippen molar-refractivity contribution in [2.45, 2.75) is 13.0 Å². The van der Waals surface area contributed by atoms with E-state index >= 15 is 0 Å². The molecule has 0 spiro atoms. The first-order chi connectivity index (χ1) is 17.1. The van der Waals surface area contributed by atoms with Crippen molar-refractivity contribution in [3.8, 4) is 11.3 Å². The summed E-state index contributed by atoms with van der Waals surface area (Å²) in [6, 6.07) is 28.1. The van der Waals surface area contributed by atoms with E-state index in [0.717, 1.165) is 35.6 Å². The number of likely N-dealkylation sites (N-methyl/N-ethyl adjacent to an activating group) is 1. The number of hydrogen-bond donors (Lipinski definition) is 1. The van der Waals surface area contributed by atoms with E-state index in [1.807, 2.05) is 65.6 Å². The monoisotopic (exact) mass is 463 g/mol. The van der Waals surface area contributed by atoms with Gasteiger partial charge in [-0.25, -0.2) is 9.97 Å². The van der Waals surface area contributed by atoms with Gasteiger partial charge in [0.25, 0.3) is 5.91 Å². The van der Waals surface area contributed by atoms with Gasteiger partial charge in [-0.15, -0.1) is 0 Å². The average molecular weight is 464 g/mol. The summed E-state index contributed by atoms with van der Waals surface area (Å²) < 4.78 is 0.